The van der Waals surface area contributed by atoms with Crippen LogP contribution in [0.25, 0.3) is 0 Å². The third kappa shape index (κ3) is 2.71. The van der Waals surface area contributed by atoms with Gasteiger partial charge in [-0.2, -0.15) is 13.0 Å². The van der Waals surface area contributed by atoms with Gasteiger partial charge < -0.3 is 11.1 Å². The summed E-state index contributed by atoms with van der Waals surface area (Å²) in [5.41, 5.74) is 4.80. The highest BCUT2D eigenvalue weighted by Crippen LogP contribution is 2.74. The minimum atomic E-state index is -4.73. The summed E-state index contributed by atoms with van der Waals surface area (Å²) in [6.07, 6.45) is 4.92. The fourth-order valence-corrected chi connectivity index (χ4v) is 7.82. The number of nitrogens with zero attached hydrogens (tertiary/aromatic N) is 2. The van der Waals surface area contributed by atoms with Crippen LogP contribution in [0, 0.1) is 26.9 Å². The van der Waals surface area contributed by atoms with Crippen molar-refractivity contribution in [3.63, 3.8) is 0 Å². The first-order valence-electron chi connectivity index (χ1n) is 10.1. The lowest BCUT2D eigenvalue weighted by Gasteiger charge is -2.47. The zero-order chi connectivity index (χ0) is 22.8. The smallest absolute Gasteiger partial charge is 0.296 e. The molecular weight excluding hydrogens is 420 g/mol. The van der Waals surface area contributed by atoms with Crippen molar-refractivity contribution in [3.8, 4) is 0 Å². The van der Waals surface area contributed by atoms with Crippen molar-refractivity contribution in [2.45, 2.75) is 44.5 Å². The van der Waals surface area contributed by atoms with E-state index < -0.39 is 36.8 Å². The van der Waals surface area contributed by atoms with Crippen LogP contribution in [0.4, 0.5) is 17.1 Å². The Bertz CT molecular complexity index is 1150. The number of hydrogen-bond acceptors (Lipinski definition) is 6. The van der Waals surface area contributed by atoms with Crippen molar-refractivity contribution in [1.29, 1.82) is 0 Å². The predicted octanol–water partition coefficient (Wildman–Crippen LogP) is 3.16. The van der Waals surface area contributed by atoms with Gasteiger partial charge in [-0.3, -0.25) is 14.7 Å². The van der Waals surface area contributed by atoms with Gasteiger partial charge in [0, 0.05) is 35.6 Å². The van der Waals surface area contributed by atoms with Crippen LogP contribution in [0.1, 0.15) is 39.7 Å². The van der Waals surface area contributed by atoms with E-state index in [0.29, 0.717) is 6.42 Å². The SMILES string of the molecule is CC1(C)C2CCC1(C)C(Nc1cc([N+](=O)[O-])ccc1N)(S(=O)(=O)O)C2[n+]1ccccc1. The molecule has 4 atom stereocenters. The molecule has 0 aliphatic heterocycles. The lowest BCUT2D eigenvalue weighted by Crippen LogP contribution is -2.67. The van der Waals surface area contributed by atoms with Gasteiger partial charge in [0.05, 0.1) is 16.3 Å². The summed E-state index contributed by atoms with van der Waals surface area (Å²) in [6, 6.07) is 8.63. The molecule has 2 bridgehead atoms. The molecule has 4 rings (SSSR count). The van der Waals surface area contributed by atoms with Gasteiger partial charge in [-0.25, -0.2) is 0 Å². The summed E-state index contributed by atoms with van der Waals surface area (Å²) in [4.78, 5) is 8.91. The van der Waals surface area contributed by atoms with Gasteiger partial charge in [0.2, 0.25) is 10.9 Å². The average molecular weight is 448 g/mol. The molecule has 9 nitrogen and oxygen atoms in total. The van der Waals surface area contributed by atoms with E-state index in [1.54, 1.807) is 24.5 Å². The van der Waals surface area contributed by atoms with E-state index in [2.05, 4.69) is 5.32 Å². The molecule has 0 saturated heterocycles. The summed E-state index contributed by atoms with van der Waals surface area (Å²) >= 11 is 0. The molecule has 0 spiro atoms. The standard InChI is InChI=1S/C21H26N4O5S/c1-19(2)15-9-10-20(19,3)21(31(28,29)30,18(15)24-11-5-4-6-12-24)23-17-13-14(25(26)27)7-8-16(17)22/h4-8,11-13,15,18,23H,9-10,22H2,1-3H3/p+1. The highest BCUT2D eigenvalue weighted by Gasteiger charge is 2.82. The number of anilines is 2. The van der Waals surface area contributed by atoms with Crippen molar-refractivity contribution in [2.24, 2.45) is 16.7 Å². The van der Waals surface area contributed by atoms with Crippen LogP contribution in [0.2, 0.25) is 0 Å². The highest BCUT2D eigenvalue weighted by atomic mass is 32.2. The fourth-order valence-electron chi connectivity index (χ4n) is 6.06. The minimum Gasteiger partial charge on any atom is -0.397 e. The Morgan fingerprint density at radius 1 is 1.23 bits per heavy atom. The first-order valence-corrected chi connectivity index (χ1v) is 11.6. The van der Waals surface area contributed by atoms with Gasteiger partial charge in [0.15, 0.2) is 12.4 Å². The number of fused-ring (bicyclic) bond motifs is 2. The number of nitrogens with two attached hydrogens (primary N) is 1. The summed E-state index contributed by atoms with van der Waals surface area (Å²) in [5, 5.41) is 14.4. The maximum atomic E-state index is 13.3. The fraction of sp³-hybridized carbons (Fsp3) is 0.476. The second kappa shape index (κ2) is 6.64. The molecule has 1 aromatic heterocycles. The van der Waals surface area contributed by atoms with Crippen LogP contribution in [0.15, 0.2) is 48.8 Å². The summed E-state index contributed by atoms with van der Waals surface area (Å²) in [6.45, 7) is 5.91. The number of rotatable bonds is 5. The summed E-state index contributed by atoms with van der Waals surface area (Å²) in [7, 11) is -4.73. The van der Waals surface area contributed by atoms with Crippen molar-refractivity contribution in [3.05, 3.63) is 58.9 Å². The van der Waals surface area contributed by atoms with Crippen molar-refractivity contribution >= 4 is 27.2 Å². The van der Waals surface area contributed by atoms with Gasteiger partial charge >= 0.3 is 0 Å². The lowest BCUT2D eigenvalue weighted by atomic mass is 9.68. The van der Waals surface area contributed by atoms with Crippen LogP contribution in [0.3, 0.4) is 0 Å². The van der Waals surface area contributed by atoms with E-state index >= 15 is 0 Å². The topological polar surface area (TPSA) is 139 Å². The average Bonchev–Trinajstić information content (AvgIpc) is 3.01. The predicted molar refractivity (Wildman–Crippen MR) is 116 cm³/mol. The number of aromatic nitrogens is 1. The van der Waals surface area contributed by atoms with E-state index in [1.165, 1.54) is 18.2 Å². The van der Waals surface area contributed by atoms with E-state index in [0.717, 1.165) is 6.42 Å². The first kappa shape index (κ1) is 21.5. The van der Waals surface area contributed by atoms with Gasteiger partial charge in [-0.15, -0.1) is 0 Å². The normalized spacial score (nSPS) is 31.5. The molecule has 31 heavy (non-hydrogen) atoms. The molecule has 2 aliphatic carbocycles. The maximum Gasteiger partial charge on any atom is 0.296 e. The molecule has 0 radical (unpaired) electrons. The number of nitro groups is 1. The van der Waals surface area contributed by atoms with Crippen LogP contribution >= 0.6 is 0 Å². The third-order valence-corrected chi connectivity index (χ3v) is 9.56. The molecule has 4 N–H and O–H groups in total. The largest absolute Gasteiger partial charge is 0.397 e. The molecule has 10 heteroatoms. The zero-order valence-corrected chi connectivity index (χ0v) is 18.5. The Kier molecular flexibility index (Phi) is 4.61. The number of hydrogen-bond donors (Lipinski definition) is 3. The number of non-ortho nitro benzene ring substituents is 1. The lowest BCUT2D eigenvalue weighted by molar-refractivity contribution is -0.733. The molecule has 2 saturated carbocycles. The van der Waals surface area contributed by atoms with Gasteiger partial charge in [-0.05, 0) is 24.3 Å². The van der Waals surface area contributed by atoms with Crippen LogP contribution in [-0.4, -0.2) is 22.8 Å². The number of nitrogens with one attached hydrogen (secondary N) is 1. The number of pyridine rings is 1. The van der Waals surface area contributed by atoms with Gasteiger partial charge in [0.25, 0.3) is 15.8 Å². The van der Waals surface area contributed by atoms with Crippen LogP contribution in [-0.2, 0) is 10.1 Å². The van der Waals surface area contributed by atoms with Gasteiger partial charge in [-0.1, -0.05) is 26.8 Å². The molecule has 2 aliphatic rings. The maximum absolute atomic E-state index is 13.3. The molecule has 2 aromatic rings. The molecule has 4 unspecified atom stereocenters. The highest BCUT2D eigenvalue weighted by molar-refractivity contribution is 7.87. The Morgan fingerprint density at radius 2 is 1.87 bits per heavy atom. The van der Waals surface area contributed by atoms with E-state index in [1.807, 2.05) is 31.4 Å². The Morgan fingerprint density at radius 3 is 2.45 bits per heavy atom. The number of nitro benzene ring substituents is 1. The van der Waals surface area contributed by atoms with Crippen LogP contribution in [0.5, 0.6) is 0 Å². The Balaban J connectivity index is 2.01. The van der Waals surface area contributed by atoms with Crippen LogP contribution < -0.4 is 15.6 Å². The molecular formula is C21H27N4O5S+. The Hall–Kier alpha value is -2.72. The quantitative estimate of drug-likeness (QED) is 0.210. The van der Waals surface area contributed by atoms with Crippen molar-refractivity contribution < 1.29 is 22.5 Å². The number of nitrogen functional groups attached to an aromatic ring is 1. The second-order valence-corrected chi connectivity index (χ2v) is 10.9. The number of benzene rings is 1. The second-order valence-electron chi connectivity index (χ2n) is 9.33. The van der Waals surface area contributed by atoms with E-state index in [-0.39, 0.29) is 23.0 Å². The summed E-state index contributed by atoms with van der Waals surface area (Å²) in [5.74, 6) is -0.0701. The molecule has 166 valence electrons. The monoisotopic (exact) mass is 447 g/mol. The molecule has 0 amide bonds. The molecule has 1 aromatic carbocycles. The van der Waals surface area contributed by atoms with E-state index in [9.17, 15) is 23.1 Å². The first-order chi connectivity index (χ1) is 14.4. The Labute approximate surface area is 181 Å². The molecule has 2 fully saturated rings. The zero-order valence-electron chi connectivity index (χ0n) is 17.6. The van der Waals surface area contributed by atoms with Crippen molar-refractivity contribution in [2.75, 3.05) is 11.1 Å². The van der Waals surface area contributed by atoms with Gasteiger partial charge in [0.1, 0.15) is 0 Å². The third-order valence-electron chi connectivity index (χ3n) is 7.96. The van der Waals surface area contributed by atoms with E-state index in [4.69, 9.17) is 5.73 Å². The summed E-state index contributed by atoms with van der Waals surface area (Å²) < 4.78 is 39.1. The minimum absolute atomic E-state index is 0.0701. The van der Waals surface area contributed by atoms with Crippen molar-refractivity contribution in [1.82, 2.24) is 0 Å². The molecule has 1 heterocycles.